The lowest BCUT2D eigenvalue weighted by Gasteiger charge is -2.26. The van der Waals surface area contributed by atoms with Gasteiger partial charge in [-0.05, 0) is 47.3 Å². The maximum Gasteiger partial charge on any atom is 0.123 e. The summed E-state index contributed by atoms with van der Waals surface area (Å²) >= 11 is 0. The second kappa shape index (κ2) is 9.29. The number of nitrogens with zero attached hydrogens (tertiary/aromatic N) is 2. The SMILES string of the molecule is COc1ccc2ccccc2c1CN(CCN(C)C)Cc1cccc2ccccc12. The first-order valence-corrected chi connectivity index (χ1v) is 10.5. The molecule has 0 saturated carbocycles. The van der Waals surface area contributed by atoms with Crippen molar-refractivity contribution in [2.24, 2.45) is 0 Å². The first-order chi connectivity index (χ1) is 14.7. The van der Waals surface area contributed by atoms with Gasteiger partial charge in [0.2, 0.25) is 0 Å². The van der Waals surface area contributed by atoms with Crippen LogP contribution >= 0.6 is 0 Å². The lowest BCUT2D eigenvalue weighted by Crippen LogP contribution is -2.31. The molecule has 0 radical (unpaired) electrons. The fourth-order valence-corrected chi connectivity index (χ4v) is 4.12. The third-order valence-electron chi connectivity index (χ3n) is 5.74. The summed E-state index contributed by atoms with van der Waals surface area (Å²) in [7, 11) is 6.03. The minimum atomic E-state index is 0.849. The molecule has 0 aromatic heterocycles. The average Bonchev–Trinajstić information content (AvgIpc) is 2.77. The number of rotatable bonds is 8. The molecule has 30 heavy (non-hydrogen) atoms. The Kier molecular flexibility index (Phi) is 6.32. The summed E-state index contributed by atoms with van der Waals surface area (Å²) in [5.41, 5.74) is 2.63. The maximum absolute atomic E-state index is 5.76. The van der Waals surface area contributed by atoms with Crippen molar-refractivity contribution in [1.29, 1.82) is 0 Å². The van der Waals surface area contributed by atoms with Crippen molar-refractivity contribution >= 4 is 21.5 Å². The predicted octanol–water partition coefficient (Wildman–Crippen LogP) is 5.57. The molecular formula is C27H30N2O. The molecule has 0 N–H and O–H groups in total. The predicted molar refractivity (Wildman–Crippen MR) is 127 cm³/mol. The zero-order valence-corrected chi connectivity index (χ0v) is 18.1. The van der Waals surface area contributed by atoms with Crippen molar-refractivity contribution in [1.82, 2.24) is 9.80 Å². The Labute approximate surface area is 179 Å². The Bertz CT molecular complexity index is 1130. The molecule has 0 bridgehead atoms. The largest absolute Gasteiger partial charge is 0.496 e. The van der Waals surface area contributed by atoms with Crippen LogP contribution in [0.15, 0.2) is 78.9 Å². The van der Waals surface area contributed by atoms with E-state index in [1.165, 1.54) is 32.7 Å². The first-order valence-electron chi connectivity index (χ1n) is 10.5. The van der Waals surface area contributed by atoms with Crippen molar-refractivity contribution in [2.75, 3.05) is 34.3 Å². The Hall–Kier alpha value is -2.88. The Morgan fingerprint density at radius 3 is 2.07 bits per heavy atom. The van der Waals surface area contributed by atoms with E-state index in [-0.39, 0.29) is 0 Å². The van der Waals surface area contributed by atoms with E-state index in [1.807, 2.05) is 0 Å². The number of hydrogen-bond donors (Lipinski definition) is 0. The monoisotopic (exact) mass is 398 g/mol. The van der Waals surface area contributed by atoms with Crippen LogP contribution in [0.5, 0.6) is 5.75 Å². The van der Waals surface area contributed by atoms with Gasteiger partial charge in [0, 0.05) is 31.7 Å². The lowest BCUT2D eigenvalue weighted by atomic mass is 10.0. The second-order valence-electron chi connectivity index (χ2n) is 8.12. The normalized spacial score (nSPS) is 11.6. The van der Waals surface area contributed by atoms with Crippen LogP contribution in [0.2, 0.25) is 0 Å². The third-order valence-corrected chi connectivity index (χ3v) is 5.74. The van der Waals surface area contributed by atoms with Gasteiger partial charge in [0.05, 0.1) is 7.11 Å². The topological polar surface area (TPSA) is 15.7 Å². The highest BCUT2D eigenvalue weighted by molar-refractivity contribution is 5.88. The minimum Gasteiger partial charge on any atom is -0.496 e. The van der Waals surface area contributed by atoms with Crippen molar-refractivity contribution in [2.45, 2.75) is 13.1 Å². The maximum atomic E-state index is 5.76. The molecule has 0 heterocycles. The molecule has 3 nitrogen and oxygen atoms in total. The third kappa shape index (κ3) is 4.48. The minimum absolute atomic E-state index is 0.849. The molecule has 0 aliphatic rings. The van der Waals surface area contributed by atoms with Gasteiger partial charge in [-0.25, -0.2) is 0 Å². The molecule has 154 valence electrons. The molecule has 4 aromatic rings. The molecule has 0 aliphatic heterocycles. The van der Waals surface area contributed by atoms with Crippen LogP contribution in [0.1, 0.15) is 11.1 Å². The van der Waals surface area contributed by atoms with Crippen LogP contribution in [0.3, 0.4) is 0 Å². The van der Waals surface area contributed by atoms with Crippen LogP contribution in [-0.4, -0.2) is 44.1 Å². The van der Waals surface area contributed by atoms with Crippen molar-refractivity contribution < 1.29 is 4.74 Å². The fraction of sp³-hybridized carbons (Fsp3) is 0.259. The summed E-state index contributed by atoms with van der Waals surface area (Å²) in [4.78, 5) is 4.78. The van der Waals surface area contributed by atoms with E-state index in [1.54, 1.807) is 7.11 Å². The van der Waals surface area contributed by atoms with E-state index in [9.17, 15) is 0 Å². The number of likely N-dealkylation sites (N-methyl/N-ethyl adjacent to an activating group) is 1. The van der Waals surface area contributed by atoms with Crippen LogP contribution in [0.4, 0.5) is 0 Å². The summed E-state index contributed by atoms with van der Waals surface area (Å²) in [6, 6.07) is 28.1. The average molecular weight is 399 g/mol. The number of fused-ring (bicyclic) bond motifs is 2. The zero-order chi connectivity index (χ0) is 20.9. The molecule has 3 heteroatoms. The molecule has 0 amide bonds. The van der Waals surface area contributed by atoms with E-state index in [0.29, 0.717) is 0 Å². The molecular weight excluding hydrogens is 368 g/mol. The van der Waals surface area contributed by atoms with Crippen LogP contribution in [0, 0.1) is 0 Å². The van der Waals surface area contributed by atoms with Gasteiger partial charge in [0.25, 0.3) is 0 Å². The van der Waals surface area contributed by atoms with Gasteiger partial charge in [-0.1, -0.05) is 72.8 Å². The van der Waals surface area contributed by atoms with Crippen LogP contribution in [0.25, 0.3) is 21.5 Å². The van der Waals surface area contributed by atoms with Gasteiger partial charge in [-0.2, -0.15) is 0 Å². The van der Waals surface area contributed by atoms with Crippen LogP contribution < -0.4 is 4.74 Å². The zero-order valence-electron chi connectivity index (χ0n) is 18.1. The summed E-state index contributed by atoms with van der Waals surface area (Å²) in [6.45, 7) is 3.75. The van der Waals surface area contributed by atoms with Gasteiger partial charge < -0.3 is 9.64 Å². The Morgan fingerprint density at radius 1 is 0.667 bits per heavy atom. The van der Waals surface area contributed by atoms with E-state index >= 15 is 0 Å². The molecule has 0 atom stereocenters. The second-order valence-corrected chi connectivity index (χ2v) is 8.12. The summed E-state index contributed by atoms with van der Waals surface area (Å²) in [6.07, 6.45) is 0. The van der Waals surface area contributed by atoms with Crippen molar-refractivity contribution in [3.63, 3.8) is 0 Å². The molecule has 0 saturated heterocycles. The molecule has 0 spiro atoms. The lowest BCUT2D eigenvalue weighted by molar-refractivity contribution is 0.225. The number of methoxy groups -OCH3 is 1. The van der Waals surface area contributed by atoms with Crippen molar-refractivity contribution in [3.05, 3.63) is 90.0 Å². The molecule has 0 unspecified atom stereocenters. The van der Waals surface area contributed by atoms with Gasteiger partial charge in [0.1, 0.15) is 5.75 Å². The summed E-state index contributed by atoms with van der Waals surface area (Å²) in [5.74, 6) is 0.960. The number of benzene rings is 4. The Balaban J connectivity index is 1.71. The van der Waals surface area contributed by atoms with Gasteiger partial charge in [-0.3, -0.25) is 4.90 Å². The molecule has 4 aromatic carbocycles. The van der Waals surface area contributed by atoms with Gasteiger partial charge in [-0.15, -0.1) is 0 Å². The summed E-state index contributed by atoms with van der Waals surface area (Å²) in [5, 5.41) is 5.15. The van der Waals surface area contributed by atoms with Gasteiger partial charge >= 0.3 is 0 Å². The van der Waals surface area contributed by atoms with Gasteiger partial charge in [0.15, 0.2) is 0 Å². The van der Waals surface area contributed by atoms with E-state index < -0.39 is 0 Å². The standard InChI is InChI=1S/C27H30N2O/c1-28(2)17-18-29(19-23-12-8-11-21-9-4-6-13-24(21)23)20-26-25-14-7-5-10-22(25)15-16-27(26)30-3/h4-16H,17-20H2,1-3H3. The smallest absolute Gasteiger partial charge is 0.123 e. The quantitative estimate of drug-likeness (QED) is 0.386. The highest BCUT2D eigenvalue weighted by atomic mass is 16.5. The van der Waals surface area contributed by atoms with E-state index in [0.717, 1.165) is 31.9 Å². The summed E-state index contributed by atoms with van der Waals surface area (Å²) < 4.78 is 5.76. The number of ether oxygens (including phenoxy) is 1. The fourth-order valence-electron chi connectivity index (χ4n) is 4.12. The highest BCUT2D eigenvalue weighted by Crippen LogP contribution is 2.30. The molecule has 0 fully saturated rings. The van der Waals surface area contributed by atoms with Crippen molar-refractivity contribution in [3.8, 4) is 5.75 Å². The number of hydrogen-bond acceptors (Lipinski definition) is 3. The first kappa shape index (κ1) is 20.4. The van der Waals surface area contributed by atoms with Crippen LogP contribution in [-0.2, 0) is 13.1 Å². The highest BCUT2D eigenvalue weighted by Gasteiger charge is 2.15. The van der Waals surface area contributed by atoms with E-state index in [4.69, 9.17) is 4.74 Å². The molecule has 4 rings (SSSR count). The molecule has 0 aliphatic carbocycles. The van der Waals surface area contributed by atoms with E-state index in [2.05, 4.69) is 103 Å². The Morgan fingerprint density at radius 2 is 1.33 bits per heavy atom.